The van der Waals surface area contributed by atoms with E-state index < -0.39 is 34.6 Å². The smallest absolute Gasteiger partial charge is 0.342 e. The maximum atomic E-state index is 13.0. The Morgan fingerprint density at radius 3 is 2.68 bits per heavy atom. The summed E-state index contributed by atoms with van der Waals surface area (Å²) in [6.07, 6.45) is -1.45. The summed E-state index contributed by atoms with van der Waals surface area (Å²) in [6.45, 7) is 1.65. The monoisotopic (exact) mass is 574 g/mol. The lowest BCUT2D eigenvalue weighted by molar-refractivity contribution is -0.137. The molecule has 0 bridgehead atoms. The fourth-order valence-corrected chi connectivity index (χ4v) is 4.29. The molecular formula is C18H11BrClF3N8O2S. The minimum atomic E-state index is -4.70. The van der Waals surface area contributed by atoms with Crippen LogP contribution in [0.3, 0.4) is 0 Å². The second-order valence-electron chi connectivity index (χ2n) is 6.72. The number of amides is 2. The summed E-state index contributed by atoms with van der Waals surface area (Å²) < 4.78 is 39.5. The Hall–Kier alpha value is -3.17. The molecule has 16 heteroatoms. The van der Waals surface area contributed by atoms with E-state index in [0.717, 1.165) is 17.5 Å². The first-order valence-electron chi connectivity index (χ1n) is 9.20. The molecule has 2 amide bonds. The van der Waals surface area contributed by atoms with Gasteiger partial charge in [0, 0.05) is 6.20 Å². The van der Waals surface area contributed by atoms with Crippen LogP contribution in [0.5, 0.6) is 0 Å². The number of fused-ring (bicyclic) bond motifs is 1. The molecule has 4 heterocycles. The van der Waals surface area contributed by atoms with Crippen molar-refractivity contribution in [3.05, 3.63) is 55.6 Å². The van der Waals surface area contributed by atoms with Gasteiger partial charge in [0.1, 0.15) is 32.3 Å². The van der Waals surface area contributed by atoms with Crippen molar-refractivity contribution in [2.75, 3.05) is 5.32 Å². The summed E-state index contributed by atoms with van der Waals surface area (Å²) in [5, 5.41) is 11.8. The van der Waals surface area contributed by atoms with Crippen molar-refractivity contribution in [2.24, 2.45) is 0 Å². The number of anilines is 1. The summed E-state index contributed by atoms with van der Waals surface area (Å²) in [7, 11) is 0. The second kappa shape index (κ2) is 9.23. The van der Waals surface area contributed by atoms with Crippen LogP contribution in [-0.4, -0.2) is 41.9 Å². The van der Waals surface area contributed by atoms with Crippen molar-refractivity contribution in [3.8, 4) is 0 Å². The van der Waals surface area contributed by atoms with Gasteiger partial charge in [0.15, 0.2) is 5.65 Å². The van der Waals surface area contributed by atoms with Crippen LogP contribution in [-0.2, 0) is 6.18 Å². The zero-order valence-electron chi connectivity index (χ0n) is 16.7. The zero-order valence-corrected chi connectivity index (χ0v) is 19.9. The van der Waals surface area contributed by atoms with Gasteiger partial charge in [0.05, 0.1) is 28.2 Å². The largest absolute Gasteiger partial charge is 0.418 e. The summed E-state index contributed by atoms with van der Waals surface area (Å²) in [6, 6.07) is 0.0295. The molecule has 10 nitrogen and oxygen atoms in total. The van der Waals surface area contributed by atoms with E-state index in [4.69, 9.17) is 11.6 Å². The second-order valence-corrected chi connectivity index (χ2v) is 8.98. The van der Waals surface area contributed by atoms with Crippen LogP contribution in [0.4, 0.5) is 19.0 Å². The zero-order chi connectivity index (χ0) is 24.6. The molecule has 0 unspecified atom stereocenters. The number of hydrogen-bond acceptors (Lipinski definition) is 8. The molecule has 0 aromatic carbocycles. The van der Waals surface area contributed by atoms with Gasteiger partial charge in [0.2, 0.25) is 0 Å². The highest BCUT2D eigenvalue weighted by molar-refractivity contribution is 9.10. The van der Waals surface area contributed by atoms with Crippen LogP contribution < -0.4 is 10.6 Å². The number of carbonyl (C=O) groups excluding carboxylic acids is 2. The minimum Gasteiger partial charge on any atom is -0.342 e. The molecule has 0 aliphatic heterocycles. The maximum absolute atomic E-state index is 13.0. The van der Waals surface area contributed by atoms with E-state index in [9.17, 15) is 22.8 Å². The Morgan fingerprint density at radius 2 is 1.94 bits per heavy atom. The topological polar surface area (TPSA) is 138 Å². The van der Waals surface area contributed by atoms with Gasteiger partial charge in [0.25, 0.3) is 11.8 Å². The predicted molar refractivity (Wildman–Crippen MR) is 120 cm³/mol. The Balaban J connectivity index is 1.47. The van der Waals surface area contributed by atoms with Gasteiger partial charge in [-0.1, -0.05) is 11.6 Å². The van der Waals surface area contributed by atoms with Crippen molar-refractivity contribution in [3.63, 3.8) is 0 Å². The number of halogens is 5. The Morgan fingerprint density at radius 1 is 1.18 bits per heavy atom. The fourth-order valence-electron chi connectivity index (χ4n) is 2.81. The van der Waals surface area contributed by atoms with E-state index >= 15 is 0 Å². The predicted octanol–water partition coefficient (Wildman–Crippen LogP) is 4.38. The van der Waals surface area contributed by atoms with Gasteiger partial charge in [-0.15, -0.1) is 11.3 Å². The van der Waals surface area contributed by atoms with Gasteiger partial charge in [-0.2, -0.15) is 18.3 Å². The van der Waals surface area contributed by atoms with Crippen LogP contribution >= 0.6 is 38.9 Å². The molecule has 34 heavy (non-hydrogen) atoms. The fraction of sp³-hybridized carbons (Fsp3) is 0.167. The van der Waals surface area contributed by atoms with Crippen molar-refractivity contribution in [1.82, 2.24) is 35.5 Å². The summed E-state index contributed by atoms with van der Waals surface area (Å²) >= 11 is 9.75. The lowest BCUT2D eigenvalue weighted by Crippen LogP contribution is -2.27. The first kappa shape index (κ1) is 24.0. The number of H-pyrrole nitrogens is 1. The molecule has 1 atom stereocenters. The van der Waals surface area contributed by atoms with Crippen molar-refractivity contribution in [2.45, 2.75) is 19.1 Å². The number of rotatable bonds is 5. The number of carbonyl (C=O) groups is 2. The van der Waals surface area contributed by atoms with Gasteiger partial charge >= 0.3 is 6.18 Å². The van der Waals surface area contributed by atoms with Crippen molar-refractivity contribution in [1.29, 1.82) is 0 Å². The van der Waals surface area contributed by atoms with E-state index in [2.05, 4.69) is 56.7 Å². The van der Waals surface area contributed by atoms with Gasteiger partial charge in [-0.05, 0) is 28.9 Å². The Kier molecular flexibility index (Phi) is 6.51. The molecule has 0 saturated carbocycles. The van der Waals surface area contributed by atoms with Crippen LogP contribution in [0.15, 0.2) is 29.4 Å². The Bertz CT molecular complexity index is 1410. The van der Waals surface area contributed by atoms with Crippen molar-refractivity contribution >= 4 is 67.5 Å². The van der Waals surface area contributed by atoms with Gasteiger partial charge in [-0.25, -0.2) is 19.9 Å². The number of pyridine rings is 1. The Labute approximate surface area is 205 Å². The number of nitrogens with zero attached hydrogens (tertiary/aromatic N) is 5. The summed E-state index contributed by atoms with van der Waals surface area (Å²) in [4.78, 5) is 41.1. The lowest BCUT2D eigenvalue weighted by Gasteiger charge is -2.11. The molecule has 4 aromatic heterocycles. The highest BCUT2D eigenvalue weighted by atomic mass is 79.9. The van der Waals surface area contributed by atoms with E-state index in [1.807, 2.05) is 0 Å². The number of hydrogen-bond donors (Lipinski definition) is 3. The minimum absolute atomic E-state index is 0.0845. The lowest BCUT2D eigenvalue weighted by atomic mass is 10.2. The molecule has 3 N–H and O–H groups in total. The van der Waals surface area contributed by atoms with E-state index in [0.29, 0.717) is 26.7 Å². The van der Waals surface area contributed by atoms with E-state index in [-0.39, 0.29) is 16.4 Å². The average Bonchev–Trinajstić information content (AvgIpc) is 3.42. The molecule has 4 aromatic rings. The van der Waals surface area contributed by atoms with Gasteiger partial charge in [-0.3, -0.25) is 14.7 Å². The number of aromatic nitrogens is 6. The standard InChI is InChI=1S/C18H11BrClF3N8O2S/c1-6(28-16(33)12-11-13(19)30-31-14(11)27-5-26-12)17-25-4-9(34-17)15(32)29-10-2-7(18(21,22)23)8(20)3-24-10/h2-6H,1H3,(H,28,33)(H,24,29,32)(H,26,27,30,31)/t6-/m1/s1. The van der Waals surface area contributed by atoms with Crippen molar-refractivity contribution < 1.29 is 22.8 Å². The summed E-state index contributed by atoms with van der Waals surface area (Å²) in [5.41, 5.74) is -0.734. The molecule has 0 fully saturated rings. The molecule has 0 radical (unpaired) electrons. The summed E-state index contributed by atoms with van der Waals surface area (Å²) in [5.74, 6) is -1.56. The number of alkyl halides is 3. The molecule has 4 rings (SSSR count). The SMILES string of the molecule is C[C@@H](NC(=O)c1ncnc2n[nH]c(Br)c12)c1ncc(C(=O)Nc2cc(C(F)(F)F)c(Cl)cn2)s1. The molecular weight excluding hydrogens is 565 g/mol. The molecule has 0 spiro atoms. The maximum Gasteiger partial charge on any atom is 0.418 e. The highest BCUT2D eigenvalue weighted by Crippen LogP contribution is 2.35. The third-order valence-corrected chi connectivity index (χ3v) is 6.44. The van der Waals surface area contributed by atoms with E-state index in [1.165, 1.54) is 12.5 Å². The number of thiazole rings is 1. The number of nitrogens with one attached hydrogen (secondary N) is 3. The van der Waals surface area contributed by atoms with Crippen LogP contribution in [0.25, 0.3) is 11.0 Å². The van der Waals surface area contributed by atoms with Crippen LogP contribution in [0.2, 0.25) is 5.02 Å². The molecule has 176 valence electrons. The van der Waals surface area contributed by atoms with Crippen LogP contribution in [0, 0.1) is 0 Å². The first-order valence-corrected chi connectivity index (χ1v) is 11.2. The quantitative estimate of drug-likeness (QED) is 0.321. The number of aromatic amines is 1. The highest BCUT2D eigenvalue weighted by Gasteiger charge is 2.34. The molecule has 0 aliphatic rings. The van der Waals surface area contributed by atoms with E-state index in [1.54, 1.807) is 6.92 Å². The average molecular weight is 576 g/mol. The van der Waals surface area contributed by atoms with Gasteiger partial charge < -0.3 is 10.6 Å². The first-order chi connectivity index (χ1) is 16.0. The third kappa shape index (κ3) is 4.85. The normalized spacial score (nSPS) is 12.5. The molecule has 0 aliphatic carbocycles. The third-order valence-electron chi connectivity index (χ3n) is 4.39. The van der Waals surface area contributed by atoms with Crippen LogP contribution in [0.1, 0.15) is 43.7 Å². The molecule has 0 saturated heterocycles.